The van der Waals surface area contributed by atoms with E-state index in [-0.39, 0.29) is 0 Å². The maximum Gasteiger partial charge on any atom is 0.0480 e. The number of pyridine rings is 1. The highest BCUT2D eigenvalue weighted by molar-refractivity contribution is 5.86. The highest BCUT2D eigenvalue weighted by Crippen LogP contribution is 2.26. The first-order valence-corrected chi connectivity index (χ1v) is 6.27. The molecule has 0 fully saturated rings. The van der Waals surface area contributed by atoms with Gasteiger partial charge in [-0.15, -0.1) is 0 Å². The fourth-order valence-corrected chi connectivity index (χ4v) is 2.19. The Morgan fingerprint density at radius 1 is 1.11 bits per heavy atom. The first kappa shape index (κ1) is 11.0. The van der Waals surface area contributed by atoms with E-state index >= 15 is 0 Å². The van der Waals surface area contributed by atoms with Crippen LogP contribution in [0.3, 0.4) is 0 Å². The predicted octanol–water partition coefficient (Wildman–Crippen LogP) is 4.35. The molecule has 0 aliphatic carbocycles. The molecular weight excluding hydrogens is 220 g/mol. The first-order chi connectivity index (χ1) is 8.74. The van der Waals surface area contributed by atoms with Crippen molar-refractivity contribution in [1.82, 2.24) is 9.97 Å². The summed E-state index contributed by atoms with van der Waals surface area (Å²) in [6.07, 6.45) is 3.68. The standard InChI is InChI=1S/C16H16N2/c1-11(2)12-5-6-15-14(8-12)9-16(18-15)13-4-3-7-17-10-13/h3-11,18H,1-2H3. The van der Waals surface area contributed by atoms with Crippen LogP contribution >= 0.6 is 0 Å². The minimum absolute atomic E-state index is 0.561. The summed E-state index contributed by atoms with van der Waals surface area (Å²) in [6, 6.07) is 12.8. The Bertz CT molecular complexity index is 666. The summed E-state index contributed by atoms with van der Waals surface area (Å²) < 4.78 is 0. The summed E-state index contributed by atoms with van der Waals surface area (Å²) in [7, 11) is 0. The van der Waals surface area contributed by atoms with Gasteiger partial charge in [-0.2, -0.15) is 0 Å². The van der Waals surface area contributed by atoms with Gasteiger partial charge in [0.05, 0.1) is 0 Å². The van der Waals surface area contributed by atoms with E-state index in [2.05, 4.69) is 54.1 Å². The largest absolute Gasteiger partial charge is 0.354 e. The van der Waals surface area contributed by atoms with Crippen LogP contribution in [0.5, 0.6) is 0 Å². The van der Waals surface area contributed by atoms with Crippen LogP contribution in [0.2, 0.25) is 0 Å². The van der Waals surface area contributed by atoms with Crippen molar-refractivity contribution in [2.24, 2.45) is 0 Å². The number of hydrogen-bond donors (Lipinski definition) is 1. The van der Waals surface area contributed by atoms with Crippen molar-refractivity contribution in [2.75, 3.05) is 0 Å². The zero-order chi connectivity index (χ0) is 12.5. The van der Waals surface area contributed by atoms with Crippen LogP contribution in [0.25, 0.3) is 22.2 Å². The molecule has 0 radical (unpaired) electrons. The lowest BCUT2D eigenvalue weighted by Crippen LogP contribution is -1.85. The Labute approximate surface area is 107 Å². The molecule has 0 saturated carbocycles. The van der Waals surface area contributed by atoms with Crippen molar-refractivity contribution in [3.8, 4) is 11.3 Å². The molecule has 0 aliphatic rings. The maximum absolute atomic E-state index is 4.16. The molecule has 0 unspecified atom stereocenters. The van der Waals surface area contributed by atoms with E-state index in [0.717, 1.165) is 11.3 Å². The molecule has 0 atom stereocenters. The van der Waals surface area contributed by atoms with Crippen molar-refractivity contribution in [2.45, 2.75) is 19.8 Å². The monoisotopic (exact) mass is 236 g/mol. The summed E-state index contributed by atoms with van der Waals surface area (Å²) in [6.45, 7) is 4.44. The molecule has 2 heteroatoms. The lowest BCUT2D eigenvalue weighted by molar-refractivity contribution is 0.869. The van der Waals surface area contributed by atoms with Crippen LogP contribution in [0.1, 0.15) is 25.3 Å². The molecule has 0 amide bonds. The molecule has 1 aromatic carbocycles. The average molecular weight is 236 g/mol. The number of H-pyrrole nitrogens is 1. The number of aromatic amines is 1. The third-order valence-corrected chi connectivity index (χ3v) is 3.28. The van der Waals surface area contributed by atoms with E-state index in [4.69, 9.17) is 0 Å². The van der Waals surface area contributed by atoms with Crippen LogP contribution in [-0.2, 0) is 0 Å². The lowest BCUT2D eigenvalue weighted by Gasteiger charge is -2.03. The smallest absolute Gasteiger partial charge is 0.0480 e. The molecule has 1 N–H and O–H groups in total. The van der Waals surface area contributed by atoms with E-state index in [9.17, 15) is 0 Å². The number of nitrogens with one attached hydrogen (secondary N) is 1. The van der Waals surface area contributed by atoms with Crippen molar-refractivity contribution in [3.63, 3.8) is 0 Å². The fraction of sp³-hybridized carbons (Fsp3) is 0.188. The molecule has 2 heterocycles. The van der Waals surface area contributed by atoms with Crippen LogP contribution in [0.4, 0.5) is 0 Å². The predicted molar refractivity (Wildman–Crippen MR) is 75.6 cm³/mol. The lowest BCUT2D eigenvalue weighted by atomic mass is 10.0. The number of nitrogens with zero attached hydrogens (tertiary/aromatic N) is 1. The van der Waals surface area contributed by atoms with Crippen molar-refractivity contribution in [3.05, 3.63) is 54.4 Å². The van der Waals surface area contributed by atoms with Crippen molar-refractivity contribution >= 4 is 10.9 Å². The Hall–Kier alpha value is -2.09. The molecule has 0 spiro atoms. The van der Waals surface area contributed by atoms with Crippen LogP contribution in [-0.4, -0.2) is 9.97 Å². The van der Waals surface area contributed by atoms with Crippen LogP contribution < -0.4 is 0 Å². The average Bonchev–Trinajstić information content (AvgIpc) is 2.82. The summed E-state index contributed by atoms with van der Waals surface area (Å²) in [5.74, 6) is 0.561. The minimum Gasteiger partial charge on any atom is -0.354 e. The molecule has 0 saturated heterocycles. The van der Waals surface area contributed by atoms with E-state index in [1.807, 2.05) is 12.3 Å². The SMILES string of the molecule is CC(C)c1ccc2[nH]c(-c3cccnc3)cc2c1. The van der Waals surface area contributed by atoms with E-state index in [0.29, 0.717) is 5.92 Å². The zero-order valence-electron chi connectivity index (χ0n) is 10.6. The number of fused-ring (bicyclic) bond motifs is 1. The van der Waals surface area contributed by atoms with Gasteiger partial charge in [-0.1, -0.05) is 19.9 Å². The number of benzene rings is 1. The third kappa shape index (κ3) is 1.90. The summed E-state index contributed by atoms with van der Waals surface area (Å²) >= 11 is 0. The van der Waals surface area contributed by atoms with Crippen molar-refractivity contribution in [1.29, 1.82) is 0 Å². The van der Waals surface area contributed by atoms with Gasteiger partial charge in [0.15, 0.2) is 0 Å². The van der Waals surface area contributed by atoms with Gasteiger partial charge in [-0.05, 0) is 41.8 Å². The Morgan fingerprint density at radius 3 is 2.72 bits per heavy atom. The van der Waals surface area contributed by atoms with Gasteiger partial charge in [-0.3, -0.25) is 4.98 Å². The number of hydrogen-bond acceptors (Lipinski definition) is 1. The third-order valence-electron chi connectivity index (χ3n) is 3.28. The summed E-state index contributed by atoms with van der Waals surface area (Å²) in [5, 5.41) is 1.26. The van der Waals surface area contributed by atoms with Crippen LogP contribution in [0.15, 0.2) is 48.8 Å². The number of aromatic nitrogens is 2. The Morgan fingerprint density at radius 2 is 2.00 bits per heavy atom. The fourth-order valence-electron chi connectivity index (χ4n) is 2.19. The topological polar surface area (TPSA) is 28.7 Å². The molecule has 0 bridgehead atoms. The molecule has 3 aromatic rings. The summed E-state index contributed by atoms with van der Waals surface area (Å²) in [4.78, 5) is 7.60. The van der Waals surface area contributed by atoms with Gasteiger partial charge in [0, 0.05) is 34.6 Å². The van der Waals surface area contributed by atoms with Crippen molar-refractivity contribution < 1.29 is 0 Å². The molecule has 90 valence electrons. The molecule has 2 nitrogen and oxygen atoms in total. The highest BCUT2D eigenvalue weighted by atomic mass is 14.7. The molecule has 0 aliphatic heterocycles. The number of rotatable bonds is 2. The highest BCUT2D eigenvalue weighted by Gasteiger charge is 2.05. The Kier molecular flexibility index (Phi) is 2.63. The van der Waals surface area contributed by atoms with E-state index in [1.54, 1.807) is 6.20 Å². The molecule has 18 heavy (non-hydrogen) atoms. The molecular formula is C16H16N2. The van der Waals surface area contributed by atoms with Crippen LogP contribution in [0, 0.1) is 0 Å². The van der Waals surface area contributed by atoms with Gasteiger partial charge in [0.1, 0.15) is 0 Å². The van der Waals surface area contributed by atoms with Gasteiger partial charge in [0.25, 0.3) is 0 Å². The normalized spacial score (nSPS) is 11.3. The van der Waals surface area contributed by atoms with Gasteiger partial charge in [0.2, 0.25) is 0 Å². The zero-order valence-corrected chi connectivity index (χ0v) is 10.6. The summed E-state index contributed by atoms with van der Waals surface area (Å²) in [5.41, 5.74) is 4.80. The second-order valence-corrected chi connectivity index (χ2v) is 4.93. The van der Waals surface area contributed by atoms with Gasteiger partial charge >= 0.3 is 0 Å². The van der Waals surface area contributed by atoms with E-state index in [1.165, 1.54) is 16.5 Å². The van der Waals surface area contributed by atoms with Gasteiger partial charge in [-0.25, -0.2) is 0 Å². The quantitative estimate of drug-likeness (QED) is 0.704. The van der Waals surface area contributed by atoms with Gasteiger partial charge < -0.3 is 4.98 Å². The minimum atomic E-state index is 0.561. The van der Waals surface area contributed by atoms with E-state index < -0.39 is 0 Å². The molecule has 3 rings (SSSR count). The maximum atomic E-state index is 4.16. The first-order valence-electron chi connectivity index (χ1n) is 6.27. The molecule has 2 aromatic heterocycles. The second-order valence-electron chi connectivity index (χ2n) is 4.93. The Balaban J connectivity index is 2.11. The second kappa shape index (κ2) is 4.30.